The largest absolute Gasteiger partial charge is 0.350 e. The molecule has 1 aliphatic rings. The number of para-hydroxylation sites is 1. The summed E-state index contributed by atoms with van der Waals surface area (Å²) in [4.78, 5) is 15.9. The van der Waals surface area contributed by atoms with Crippen LogP contribution in [0.1, 0.15) is 42.1 Å². The van der Waals surface area contributed by atoms with Crippen LogP contribution in [0.3, 0.4) is 0 Å². The minimum Gasteiger partial charge on any atom is -0.350 e. The van der Waals surface area contributed by atoms with Crippen molar-refractivity contribution in [1.29, 1.82) is 0 Å². The number of nitrogens with one attached hydrogen (secondary N) is 2. The third-order valence-corrected chi connectivity index (χ3v) is 5.32. The molecule has 2 N–H and O–H groups in total. The Balaban J connectivity index is 1.72. The lowest BCUT2D eigenvalue weighted by Gasteiger charge is -2.17. The molecule has 2 aromatic rings. The lowest BCUT2D eigenvalue weighted by molar-refractivity contribution is -0.119. The predicted molar refractivity (Wildman–Crippen MR) is 114 cm³/mol. The Kier molecular flexibility index (Phi) is 5.96. The normalized spacial score (nSPS) is 16.4. The number of thioether (sulfide) groups is 1. The molecule has 0 aliphatic carbocycles. The Bertz CT molecular complexity index is 883. The summed E-state index contributed by atoms with van der Waals surface area (Å²) in [5, 5.41) is 8.21. The summed E-state index contributed by atoms with van der Waals surface area (Å²) in [6, 6.07) is 14.3. The van der Waals surface area contributed by atoms with E-state index in [1.807, 2.05) is 37.3 Å². The molecule has 1 heterocycles. The molecule has 27 heavy (non-hydrogen) atoms. The lowest BCUT2D eigenvalue weighted by Crippen LogP contribution is -2.25. The molecule has 0 spiro atoms. The second kappa shape index (κ2) is 8.39. The second-order valence-corrected chi connectivity index (χ2v) is 7.62. The second-order valence-electron chi connectivity index (χ2n) is 6.66. The molecule has 0 radical (unpaired) electrons. The summed E-state index contributed by atoms with van der Waals surface area (Å²) in [6.45, 7) is 7.64. The van der Waals surface area contributed by atoms with Crippen molar-refractivity contribution >= 4 is 34.2 Å². The monoisotopic (exact) mass is 380 g/mol. The third-order valence-electron chi connectivity index (χ3n) is 4.45. The van der Waals surface area contributed by atoms with Gasteiger partial charge in [0.25, 0.3) is 0 Å². The number of hydrogen-bond donors (Lipinski definition) is 2. The van der Waals surface area contributed by atoms with E-state index in [0.717, 1.165) is 44.6 Å². The molecule has 0 saturated carbocycles. The van der Waals surface area contributed by atoms with E-state index in [1.165, 1.54) is 6.92 Å². The van der Waals surface area contributed by atoms with Crippen molar-refractivity contribution in [3.05, 3.63) is 64.7 Å². The van der Waals surface area contributed by atoms with Crippen LogP contribution >= 0.6 is 11.8 Å². The van der Waals surface area contributed by atoms with Crippen LogP contribution in [0.4, 0.5) is 5.69 Å². The fraction of sp³-hybridized carbons (Fsp3) is 0.286. The van der Waals surface area contributed by atoms with Crippen molar-refractivity contribution in [2.75, 3.05) is 5.75 Å². The van der Waals surface area contributed by atoms with Gasteiger partial charge in [-0.2, -0.15) is 5.10 Å². The molecule has 0 saturated heterocycles. The molecular weight excluding hydrogens is 356 g/mol. The zero-order valence-corrected chi connectivity index (χ0v) is 16.9. The molecule has 1 unspecified atom stereocenters. The number of rotatable bonds is 4. The van der Waals surface area contributed by atoms with Gasteiger partial charge in [0.2, 0.25) is 5.91 Å². The Morgan fingerprint density at radius 1 is 1.19 bits per heavy atom. The van der Waals surface area contributed by atoms with Crippen LogP contribution in [-0.4, -0.2) is 22.5 Å². The molecule has 1 amide bonds. The molecule has 0 bridgehead atoms. The molecule has 5 nitrogen and oxygen atoms in total. The number of aryl methyl sites for hydroxylation is 2. The Hall–Kier alpha value is -2.60. The zero-order valence-electron chi connectivity index (χ0n) is 16.0. The number of hydrogen-bond acceptors (Lipinski definition) is 4. The molecule has 2 aromatic carbocycles. The van der Waals surface area contributed by atoms with Gasteiger partial charge >= 0.3 is 0 Å². The first-order chi connectivity index (χ1) is 12.9. The standard InChI is InChI=1S/C21H24N4OS/c1-13-6-5-7-14(2)20(13)23-21-25-24-19(12-27-21)18-10-8-17(9-11-18)15(3)22-16(4)26/h5-11,15H,12H2,1-4H3,(H,22,26)(H,23,25). The van der Waals surface area contributed by atoms with Crippen molar-refractivity contribution in [3.63, 3.8) is 0 Å². The van der Waals surface area contributed by atoms with Gasteiger partial charge in [-0.05, 0) is 43.0 Å². The molecule has 140 valence electrons. The molecule has 1 atom stereocenters. The quantitative estimate of drug-likeness (QED) is 0.834. The summed E-state index contributed by atoms with van der Waals surface area (Å²) in [6.07, 6.45) is 0. The maximum Gasteiger partial charge on any atom is 0.217 e. The number of carbonyl (C=O) groups excluding carboxylic acids is 1. The van der Waals surface area contributed by atoms with Gasteiger partial charge in [-0.1, -0.05) is 54.2 Å². The third kappa shape index (κ3) is 4.77. The minimum atomic E-state index is -0.0282. The first-order valence-electron chi connectivity index (χ1n) is 8.91. The van der Waals surface area contributed by atoms with Crippen LogP contribution < -0.4 is 10.7 Å². The molecule has 3 rings (SSSR count). The summed E-state index contributed by atoms with van der Waals surface area (Å²) >= 11 is 1.65. The predicted octanol–water partition coefficient (Wildman–Crippen LogP) is 4.23. The first kappa shape index (κ1) is 19.2. The van der Waals surface area contributed by atoms with Crippen LogP contribution in [0.25, 0.3) is 0 Å². The number of amidine groups is 1. The summed E-state index contributed by atoms with van der Waals surface area (Å²) in [7, 11) is 0. The molecule has 1 aliphatic heterocycles. The summed E-state index contributed by atoms with van der Waals surface area (Å²) in [5.74, 6) is 0.733. The van der Waals surface area contributed by atoms with E-state index in [2.05, 4.69) is 41.8 Å². The highest BCUT2D eigenvalue weighted by Gasteiger charge is 2.15. The number of amides is 1. The van der Waals surface area contributed by atoms with E-state index in [1.54, 1.807) is 11.8 Å². The van der Waals surface area contributed by atoms with Crippen molar-refractivity contribution < 1.29 is 4.79 Å². The number of nitrogens with zero attached hydrogens (tertiary/aromatic N) is 2. The van der Waals surface area contributed by atoms with Gasteiger partial charge in [-0.3, -0.25) is 10.2 Å². The van der Waals surface area contributed by atoms with Gasteiger partial charge < -0.3 is 5.32 Å². The van der Waals surface area contributed by atoms with Crippen LogP contribution in [0.15, 0.2) is 52.6 Å². The molecule has 0 aromatic heterocycles. The Morgan fingerprint density at radius 3 is 2.41 bits per heavy atom. The van der Waals surface area contributed by atoms with E-state index in [0.29, 0.717) is 0 Å². The Labute approximate surface area is 164 Å². The van der Waals surface area contributed by atoms with Crippen LogP contribution in [-0.2, 0) is 4.79 Å². The number of benzene rings is 2. The first-order valence-corrected chi connectivity index (χ1v) is 9.90. The van der Waals surface area contributed by atoms with E-state index >= 15 is 0 Å². The fourth-order valence-corrected chi connectivity index (χ4v) is 3.73. The van der Waals surface area contributed by atoms with Crippen molar-refractivity contribution in [2.24, 2.45) is 10.1 Å². The van der Waals surface area contributed by atoms with Gasteiger partial charge in [0, 0.05) is 12.7 Å². The van der Waals surface area contributed by atoms with Crippen LogP contribution in [0.5, 0.6) is 0 Å². The van der Waals surface area contributed by atoms with Gasteiger partial charge in [-0.25, -0.2) is 4.99 Å². The summed E-state index contributed by atoms with van der Waals surface area (Å²) < 4.78 is 0. The topological polar surface area (TPSA) is 65.8 Å². The summed E-state index contributed by atoms with van der Waals surface area (Å²) in [5.41, 5.74) is 9.52. The highest BCUT2D eigenvalue weighted by atomic mass is 32.2. The number of hydrazone groups is 1. The molecule has 6 heteroatoms. The van der Waals surface area contributed by atoms with Gasteiger partial charge in [0.1, 0.15) is 0 Å². The van der Waals surface area contributed by atoms with E-state index in [-0.39, 0.29) is 11.9 Å². The number of aliphatic imine (C=N–C) groups is 1. The zero-order chi connectivity index (χ0) is 19.4. The SMILES string of the molecule is CC(=O)NC(C)c1ccc(C2=NNC(=Nc3c(C)cccc3C)SC2)cc1. The van der Waals surface area contributed by atoms with Crippen molar-refractivity contribution in [2.45, 2.75) is 33.7 Å². The van der Waals surface area contributed by atoms with Gasteiger partial charge in [0.05, 0.1) is 17.4 Å². The van der Waals surface area contributed by atoms with Crippen LogP contribution in [0, 0.1) is 13.8 Å². The average Bonchev–Trinajstić information content (AvgIpc) is 2.65. The fourth-order valence-electron chi connectivity index (χ4n) is 2.96. The molecular formula is C21H24N4OS. The minimum absolute atomic E-state index is 0.00608. The van der Waals surface area contributed by atoms with Crippen molar-refractivity contribution in [1.82, 2.24) is 10.7 Å². The van der Waals surface area contributed by atoms with E-state index in [4.69, 9.17) is 4.99 Å². The van der Waals surface area contributed by atoms with Crippen LogP contribution in [0.2, 0.25) is 0 Å². The van der Waals surface area contributed by atoms with Gasteiger partial charge in [-0.15, -0.1) is 0 Å². The highest BCUT2D eigenvalue weighted by Crippen LogP contribution is 2.25. The smallest absolute Gasteiger partial charge is 0.217 e. The number of carbonyl (C=O) groups is 1. The van der Waals surface area contributed by atoms with Crippen molar-refractivity contribution in [3.8, 4) is 0 Å². The van der Waals surface area contributed by atoms with E-state index < -0.39 is 0 Å². The molecule has 0 fully saturated rings. The van der Waals surface area contributed by atoms with Gasteiger partial charge in [0.15, 0.2) is 5.17 Å². The highest BCUT2D eigenvalue weighted by molar-refractivity contribution is 8.14. The average molecular weight is 381 g/mol. The maximum absolute atomic E-state index is 11.2. The van der Waals surface area contributed by atoms with E-state index in [9.17, 15) is 4.79 Å². The Morgan fingerprint density at radius 2 is 1.85 bits per heavy atom. The lowest BCUT2D eigenvalue weighted by atomic mass is 10.0. The maximum atomic E-state index is 11.2.